The van der Waals surface area contributed by atoms with Gasteiger partial charge < -0.3 is 4.74 Å². The van der Waals surface area contributed by atoms with E-state index in [0.717, 1.165) is 19.4 Å². The molecular formula is C15H21NO2. The van der Waals surface area contributed by atoms with Gasteiger partial charge in [0, 0.05) is 6.04 Å². The first-order valence-electron chi connectivity index (χ1n) is 6.62. The van der Waals surface area contributed by atoms with Crippen molar-refractivity contribution in [3.8, 4) is 0 Å². The number of nitrogens with zero attached hydrogens (tertiary/aromatic N) is 1. The molecule has 1 fully saturated rings. The minimum absolute atomic E-state index is 0.141. The van der Waals surface area contributed by atoms with Crippen molar-refractivity contribution in [3.63, 3.8) is 0 Å². The van der Waals surface area contributed by atoms with Gasteiger partial charge >= 0.3 is 5.97 Å². The molecule has 1 aliphatic rings. The molecular weight excluding hydrogens is 226 g/mol. The Morgan fingerprint density at radius 3 is 2.72 bits per heavy atom. The lowest BCUT2D eigenvalue weighted by atomic mass is 9.94. The number of hydrogen-bond acceptors (Lipinski definition) is 3. The fourth-order valence-corrected chi connectivity index (χ4v) is 2.76. The van der Waals surface area contributed by atoms with E-state index in [1.807, 2.05) is 13.0 Å². The second kappa shape index (κ2) is 6.01. The maximum Gasteiger partial charge on any atom is 0.322 e. The minimum Gasteiger partial charge on any atom is -0.468 e. The number of piperidine rings is 1. The lowest BCUT2D eigenvalue weighted by Gasteiger charge is -2.38. The monoisotopic (exact) mass is 247 g/mol. The number of benzene rings is 1. The fraction of sp³-hybridized carbons (Fsp3) is 0.533. The highest BCUT2D eigenvalue weighted by Crippen LogP contribution is 2.32. The van der Waals surface area contributed by atoms with Crippen molar-refractivity contribution in [1.29, 1.82) is 0 Å². The van der Waals surface area contributed by atoms with Crippen LogP contribution in [0.2, 0.25) is 0 Å². The Bertz CT molecular complexity index is 391. The Morgan fingerprint density at radius 1 is 1.33 bits per heavy atom. The first-order chi connectivity index (χ1) is 8.74. The van der Waals surface area contributed by atoms with Crippen molar-refractivity contribution in [2.75, 3.05) is 13.7 Å². The maximum absolute atomic E-state index is 11.7. The molecule has 0 saturated carbocycles. The quantitative estimate of drug-likeness (QED) is 0.769. The van der Waals surface area contributed by atoms with E-state index < -0.39 is 0 Å². The summed E-state index contributed by atoms with van der Waals surface area (Å²) < 4.78 is 4.87. The van der Waals surface area contributed by atoms with Gasteiger partial charge in [-0.25, -0.2) is 0 Å². The van der Waals surface area contributed by atoms with Crippen LogP contribution >= 0.6 is 0 Å². The normalized spacial score (nSPS) is 22.4. The van der Waals surface area contributed by atoms with Crippen molar-refractivity contribution in [1.82, 2.24) is 4.90 Å². The molecule has 0 N–H and O–H groups in total. The largest absolute Gasteiger partial charge is 0.468 e. The average molecular weight is 247 g/mol. The van der Waals surface area contributed by atoms with Gasteiger partial charge in [0.15, 0.2) is 0 Å². The van der Waals surface area contributed by atoms with Gasteiger partial charge in [0.05, 0.1) is 7.11 Å². The summed E-state index contributed by atoms with van der Waals surface area (Å²) in [6.07, 6.45) is 3.50. The summed E-state index contributed by atoms with van der Waals surface area (Å²) in [4.78, 5) is 14.0. The molecule has 3 heteroatoms. The molecule has 0 radical (unpaired) electrons. The third-order valence-corrected chi connectivity index (χ3v) is 3.77. The molecule has 1 heterocycles. The molecule has 1 aromatic rings. The van der Waals surface area contributed by atoms with Crippen molar-refractivity contribution < 1.29 is 9.53 Å². The van der Waals surface area contributed by atoms with Crippen LogP contribution in [0.1, 0.15) is 37.8 Å². The second-order valence-electron chi connectivity index (χ2n) is 4.86. The predicted octanol–water partition coefficient (Wildman–Crippen LogP) is 2.78. The van der Waals surface area contributed by atoms with Gasteiger partial charge in [-0.3, -0.25) is 9.69 Å². The molecule has 3 nitrogen and oxygen atoms in total. The van der Waals surface area contributed by atoms with E-state index >= 15 is 0 Å². The molecule has 0 aliphatic carbocycles. The number of ether oxygens (including phenoxy) is 1. The third kappa shape index (κ3) is 2.72. The predicted molar refractivity (Wildman–Crippen MR) is 71.2 cm³/mol. The Hall–Kier alpha value is -1.35. The summed E-state index contributed by atoms with van der Waals surface area (Å²) >= 11 is 0. The first-order valence-corrected chi connectivity index (χ1v) is 6.62. The van der Waals surface area contributed by atoms with Crippen molar-refractivity contribution in [2.24, 2.45) is 0 Å². The second-order valence-corrected chi connectivity index (χ2v) is 4.86. The SMILES string of the molecule is COC(=O)C(C)N1CCCC[C@H]1c1ccccc1. The van der Waals surface area contributed by atoms with E-state index in [1.54, 1.807) is 0 Å². The average Bonchev–Trinajstić information content (AvgIpc) is 2.46. The molecule has 0 amide bonds. The lowest BCUT2D eigenvalue weighted by Crippen LogP contribution is -2.44. The first kappa shape index (κ1) is 13.1. The zero-order valence-electron chi connectivity index (χ0n) is 11.1. The number of carbonyl (C=O) groups is 1. The van der Waals surface area contributed by atoms with E-state index in [4.69, 9.17) is 4.74 Å². The molecule has 2 atom stereocenters. The van der Waals surface area contributed by atoms with Crippen LogP contribution in [0.4, 0.5) is 0 Å². The summed E-state index contributed by atoms with van der Waals surface area (Å²) in [6.45, 7) is 2.91. The van der Waals surface area contributed by atoms with Crippen LogP contribution in [-0.4, -0.2) is 30.6 Å². The maximum atomic E-state index is 11.7. The molecule has 98 valence electrons. The van der Waals surface area contributed by atoms with E-state index in [2.05, 4.69) is 29.2 Å². The van der Waals surface area contributed by atoms with Crippen molar-refractivity contribution in [3.05, 3.63) is 35.9 Å². The Kier molecular flexibility index (Phi) is 4.37. The zero-order chi connectivity index (χ0) is 13.0. The smallest absolute Gasteiger partial charge is 0.322 e. The van der Waals surface area contributed by atoms with E-state index in [-0.39, 0.29) is 12.0 Å². The highest BCUT2D eigenvalue weighted by atomic mass is 16.5. The van der Waals surface area contributed by atoms with Gasteiger partial charge in [0.1, 0.15) is 6.04 Å². The van der Waals surface area contributed by atoms with Gasteiger partial charge in [0.2, 0.25) is 0 Å². The standard InChI is InChI=1S/C15H21NO2/c1-12(15(17)18-2)16-11-7-6-10-14(16)13-8-4-3-5-9-13/h3-5,8-9,12,14H,6-7,10-11H2,1-2H3/t12?,14-/m0/s1. The number of rotatable bonds is 3. The topological polar surface area (TPSA) is 29.5 Å². The molecule has 1 aliphatic heterocycles. The van der Waals surface area contributed by atoms with Crippen molar-refractivity contribution >= 4 is 5.97 Å². The molecule has 18 heavy (non-hydrogen) atoms. The number of esters is 1. The minimum atomic E-state index is -0.166. The lowest BCUT2D eigenvalue weighted by molar-refractivity contribution is -0.148. The van der Waals surface area contributed by atoms with Crippen LogP contribution in [0.3, 0.4) is 0 Å². The molecule has 1 unspecified atom stereocenters. The number of hydrogen-bond donors (Lipinski definition) is 0. The van der Waals surface area contributed by atoms with E-state index in [1.165, 1.54) is 19.1 Å². The highest BCUT2D eigenvalue weighted by Gasteiger charge is 2.31. The summed E-state index contributed by atoms with van der Waals surface area (Å²) in [7, 11) is 1.46. The summed E-state index contributed by atoms with van der Waals surface area (Å²) in [5, 5.41) is 0. The third-order valence-electron chi connectivity index (χ3n) is 3.77. The molecule has 0 spiro atoms. The van der Waals surface area contributed by atoms with Crippen LogP contribution < -0.4 is 0 Å². The van der Waals surface area contributed by atoms with Crippen LogP contribution in [-0.2, 0) is 9.53 Å². The van der Waals surface area contributed by atoms with Gasteiger partial charge in [-0.2, -0.15) is 0 Å². The number of likely N-dealkylation sites (tertiary alicyclic amines) is 1. The number of carbonyl (C=O) groups excluding carboxylic acids is 1. The van der Waals surface area contributed by atoms with E-state index in [9.17, 15) is 4.79 Å². The summed E-state index contributed by atoms with van der Waals surface area (Å²) in [5.74, 6) is -0.141. The van der Waals surface area contributed by atoms with Crippen molar-refractivity contribution in [2.45, 2.75) is 38.3 Å². The summed E-state index contributed by atoms with van der Waals surface area (Å²) in [6, 6.07) is 10.6. The molecule has 1 saturated heterocycles. The zero-order valence-corrected chi connectivity index (χ0v) is 11.1. The Balaban J connectivity index is 2.18. The van der Waals surface area contributed by atoms with Crippen LogP contribution in [0.25, 0.3) is 0 Å². The van der Waals surface area contributed by atoms with Gasteiger partial charge in [-0.05, 0) is 31.9 Å². The molecule has 0 bridgehead atoms. The molecule has 0 aromatic heterocycles. The Labute approximate surface area is 109 Å². The molecule has 1 aromatic carbocycles. The van der Waals surface area contributed by atoms with Crippen LogP contribution in [0.15, 0.2) is 30.3 Å². The Morgan fingerprint density at radius 2 is 2.06 bits per heavy atom. The summed E-state index contributed by atoms with van der Waals surface area (Å²) in [5.41, 5.74) is 1.30. The molecule has 2 rings (SSSR count). The number of methoxy groups -OCH3 is 1. The fourth-order valence-electron chi connectivity index (χ4n) is 2.76. The van der Waals surface area contributed by atoms with Crippen LogP contribution in [0.5, 0.6) is 0 Å². The van der Waals surface area contributed by atoms with Gasteiger partial charge in [0.25, 0.3) is 0 Å². The highest BCUT2D eigenvalue weighted by molar-refractivity contribution is 5.75. The van der Waals surface area contributed by atoms with Gasteiger partial charge in [-0.1, -0.05) is 36.8 Å². The van der Waals surface area contributed by atoms with E-state index in [0.29, 0.717) is 6.04 Å². The van der Waals surface area contributed by atoms with Gasteiger partial charge in [-0.15, -0.1) is 0 Å². The van der Waals surface area contributed by atoms with Crippen LogP contribution in [0, 0.1) is 0 Å².